The number of nitrogen functional groups attached to an aromatic ring is 1. The molecule has 0 atom stereocenters. The number of nitrogens with zero attached hydrogens (tertiary/aromatic N) is 1. The second-order valence-electron chi connectivity index (χ2n) is 3.90. The second kappa shape index (κ2) is 6.48. The number of carbonyl (C=O) groups is 1. The van der Waals surface area contributed by atoms with Crippen molar-refractivity contribution in [2.45, 2.75) is 0 Å². The first-order valence-electron chi connectivity index (χ1n) is 5.34. The van der Waals surface area contributed by atoms with E-state index in [0.29, 0.717) is 34.4 Å². The lowest BCUT2D eigenvalue weighted by Gasteiger charge is -2.27. The number of piperazine rings is 1. The van der Waals surface area contributed by atoms with Crippen molar-refractivity contribution in [2.75, 3.05) is 31.9 Å². The quantitative estimate of drug-likeness (QED) is 0.781. The summed E-state index contributed by atoms with van der Waals surface area (Å²) in [5, 5.41) is 3.82. The molecule has 0 bridgehead atoms. The van der Waals surface area contributed by atoms with Crippen LogP contribution in [0.2, 0.25) is 10.0 Å². The first-order valence-corrected chi connectivity index (χ1v) is 6.09. The number of halogens is 3. The summed E-state index contributed by atoms with van der Waals surface area (Å²) in [7, 11) is 0. The van der Waals surface area contributed by atoms with Crippen molar-refractivity contribution in [2.24, 2.45) is 0 Å². The Bertz CT molecular complexity index is 424. The summed E-state index contributed by atoms with van der Waals surface area (Å²) in [6.07, 6.45) is 0. The molecular weight excluding hydrogens is 296 g/mol. The number of anilines is 1. The zero-order valence-electron chi connectivity index (χ0n) is 9.58. The number of hydrogen-bond acceptors (Lipinski definition) is 3. The van der Waals surface area contributed by atoms with Gasteiger partial charge < -0.3 is 16.0 Å². The van der Waals surface area contributed by atoms with Crippen LogP contribution < -0.4 is 11.1 Å². The molecule has 18 heavy (non-hydrogen) atoms. The molecule has 1 saturated heterocycles. The fourth-order valence-electron chi connectivity index (χ4n) is 1.76. The summed E-state index contributed by atoms with van der Waals surface area (Å²) in [5.41, 5.74) is 6.42. The molecule has 1 fully saturated rings. The van der Waals surface area contributed by atoms with Gasteiger partial charge in [0.2, 0.25) is 0 Å². The number of rotatable bonds is 1. The molecule has 4 nitrogen and oxygen atoms in total. The highest BCUT2D eigenvalue weighted by atomic mass is 35.5. The fourth-order valence-corrected chi connectivity index (χ4v) is 2.25. The van der Waals surface area contributed by atoms with Gasteiger partial charge in [-0.25, -0.2) is 0 Å². The van der Waals surface area contributed by atoms with Gasteiger partial charge in [-0.3, -0.25) is 4.79 Å². The lowest BCUT2D eigenvalue weighted by molar-refractivity contribution is 0.0736. The van der Waals surface area contributed by atoms with Crippen molar-refractivity contribution in [3.63, 3.8) is 0 Å². The zero-order chi connectivity index (χ0) is 12.4. The summed E-state index contributed by atoms with van der Waals surface area (Å²) in [4.78, 5) is 13.9. The molecule has 0 spiro atoms. The van der Waals surface area contributed by atoms with Crippen molar-refractivity contribution >= 4 is 47.2 Å². The highest BCUT2D eigenvalue weighted by Crippen LogP contribution is 2.29. The maximum absolute atomic E-state index is 12.2. The predicted molar refractivity (Wildman–Crippen MR) is 76.9 cm³/mol. The molecular formula is C11H14Cl3N3O. The number of carbonyl (C=O) groups excluding carboxylic acids is 1. The molecule has 0 saturated carbocycles. The smallest absolute Gasteiger partial charge is 0.254 e. The minimum atomic E-state index is -0.0599. The topological polar surface area (TPSA) is 58.4 Å². The maximum atomic E-state index is 12.2. The van der Waals surface area contributed by atoms with E-state index >= 15 is 0 Å². The van der Waals surface area contributed by atoms with Gasteiger partial charge in [-0.05, 0) is 12.1 Å². The Balaban J connectivity index is 0.00000162. The van der Waals surface area contributed by atoms with E-state index in [4.69, 9.17) is 28.9 Å². The minimum Gasteiger partial charge on any atom is -0.396 e. The Morgan fingerprint density at radius 2 is 1.72 bits per heavy atom. The summed E-state index contributed by atoms with van der Waals surface area (Å²) < 4.78 is 0. The van der Waals surface area contributed by atoms with Crippen LogP contribution in [0.4, 0.5) is 5.69 Å². The van der Waals surface area contributed by atoms with E-state index in [1.807, 2.05) is 0 Å². The molecule has 0 aliphatic carbocycles. The average Bonchev–Trinajstić information content (AvgIpc) is 2.35. The van der Waals surface area contributed by atoms with Crippen LogP contribution in [0, 0.1) is 0 Å². The summed E-state index contributed by atoms with van der Waals surface area (Å²) >= 11 is 11.8. The normalized spacial score (nSPS) is 15.1. The zero-order valence-corrected chi connectivity index (χ0v) is 11.9. The molecule has 0 unspecified atom stereocenters. The number of nitrogens with one attached hydrogen (secondary N) is 1. The number of nitrogens with two attached hydrogens (primary N) is 1. The van der Waals surface area contributed by atoms with Crippen LogP contribution in [-0.2, 0) is 0 Å². The Morgan fingerprint density at radius 1 is 1.22 bits per heavy atom. The molecule has 1 aliphatic rings. The molecule has 1 amide bonds. The molecule has 1 heterocycles. The van der Waals surface area contributed by atoms with Crippen LogP contribution in [0.15, 0.2) is 12.1 Å². The van der Waals surface area contributed by atoms with Gasteiger partial charge in [-0.15, -0.1) is 12.4 Å². The highest BCUT2D eigenvalue weighted by Gasteiger charge is 2.19. The third kappa shape index (κ3) is 3.20. The van der Waals surface area contributed by atoms with Crippen LogP contribution >= 0.6 is 35.6 Å². The lowest BCUT2D eigenvalue weighted by atomic mass is 10.1. The van der Waals surface area contributed by atoms with E-state index in [0.717, 1.165) is 13.1 Å². The first-order chi connectivity index (χ1) is 8.09. The van der Waals surface area contributed by atoms with Gasteiger partial charge in [0.05, 0.1) is 15.7 Å². The fraction of sp³-hybridized carbons (Fsp3) is 0.364. The van der Waals surface area contributed by atoms with Crippen LogP contribution in [0.25, 0.3) is 0 Å². The van der Waals surface area contributed by atoms with E-state index in [1.54, 1.807) is 17.0 Å². The van der Waals surface area contributed by atoms with Crippen LogP contribution in [-0.4, -0.2) is 37.0 Å². The molecule has 100 valence electrons. The van der Waals surface area contributed by atoms with Crippen molar-refractivity contribution in [1.29, 1.82) is 0 Å². The van der Waals surface area contributed by atoms with Crippen LogP contribution in [0.5, 0.6) is 0 Å². The van der Waals surface area contributed by atoms with Gasteiger partial charge in [0.25, 0.3) is 5.91 Å². The highest BCUT2D eigenvalue weighted by molar-refractivity contribution is 6.39. The van der Waals surface area contributed by atoms with Crippen LogP contribution in [0.1, 0.15) is 10.4 Å². The Kier molecular flexibility index (Phi) is 5.53. The van der Waals surface area contributed by atoms with Gasteiger partial charge in [0, 0.05) is 31.7 Å². The Morgan fingerprint density at radius 3 is 2.22 bits per heavy atom. The van der Waals surface area contributed by atoms with Gasteiger partial charge in [0.15, 0.2) is 0 Å². The number of hydrogen-bond donors (Lipinski definition) is 2. The average molecular weight is 311 g/mol. The summed E-state index contributed by atoms with van der Waals surface area (Å²) in [6, 6.07) is 3.13. The van der Waals surface area contributed by atoms with Gasteiger partial charge >= 0.3 is 0 Å². The summed E-state index contributed by atoms with van der Waals surface area (Å²) in [6.45, 7) is 3.00. The van der Waals surface area contributed by atoms with E-state index in [9.17, 15) is 4.79 Å². The van der Waals surface area contributed by atoms with Crippen molar-refractivity contribution in [3.05, 3.63) is 27.7 Å². The molecule has 2 rings (SSSR count). The van der Waals surface area contributed by atoms with Crippen molar-refractivity contribution in [1.82, 2.24) is 10.2 Å². The van der Waals surface area contributed by atoms with E-state index in [2.05, 4.69) is 5.32 Å². The molecule has 1 aromatic rings. The molecule has 0 aromatic heterocycles. The second-order valence-corrected chi connectivity index (χ2v) is 4.71. The molecule has 1 aromatic carbocycles. The summed E-state index contributed by atoms with van der Waals surface area (Å²) in [5.74, 6) is -0.0599. The minimum absolute atomic E-state index is 0. The van der Waals surface area contributed by atoms with Gasteiger partial charge in [0.1, 0.15) is 0 Å². The first kappa shape index (κ1) is 15.4. The monoisotopic (exact) mass is 309 g/mol. The van der Waals surface area contributed by atoms with E-state index in [1.165, 1.54) is 0 Å². The van der Waals surface area contributed by atoms with Crippen LogP contribution in [0.3, 0.4) is 0 Å². The Hall–Kier alpha value is -0.680. The van der Waals surface area contributed by atoms with Gasteiger partial charge in [-0.1, -0.05) is 23.2 Å². The third-order valence-electron chi connectivity index (χ3n) is 2.73. The molecule has 1 aliphatic heterocycles. The maximum Gasteiger partial charge on any atom is 0.254 e. The Labute approximate surface area is 122 Å². The van der Waals surface area contributed by atoms with Crippen molar-refractivity contribution < 1.29 is 4.79 Å². The lowest BCUT2D eigenvalue weighted by Crippen LogP contribution is -2.46. The van der Waals surface area contributed by atoms with Crippen molar-refractivity contribution in [3.8, 4) is 0 Å². The standard InChI is InChI=1S/C11H13Cl2N3O.ClH/c12-8-5-7(6-9(13)10(8)14)11(17)16-3-1-15-2-4-16;/h5-6,15H,1-4,14H2;1H. The number of benzene rings is 1. The van der Waals surface area contributed by atoms with E-state index < -0.39 is 0 Å². The predicted octanol–water partition coefficient (Wildman–Crippen LogP) is 2.04. The largest absolute Gasteiger partial charge is 0.396 e. The molecule has 0 radical (unpaired) electrons. The molecule has 3 N–H and O–H groups in total. The SMILES string of the molecule is Cl.Nc1c(Cl)cc(C(=O)N2CCNCC2)cc1Cl. The molecule has 7 heteroatoms. The number of amides is 1. The van der Waals surface area contributed by atoms with Gasteiger partial charge in [-0.2, -0.15) is 0 Å². The third-order valence-corrected chi connectivity index (χ3v) is 3.36. The van der Waals surface area contributed by atoms with E-state index in [-0.39, 0.29) is 18.3 Å².